The first kappa shape index (κ1) is 14.9. The van der Waals surface area contributed by atoms with Crippen LogP contribution < -0.4 is 10.5 Å². The van der Waals surface area contributed by atoms with Crippen molar-refractivity contribution in [1.82, 2.24) is 0 Å². The maximum Gasteiger partial charge on any atom is 0.573 e. The van der Waals surface area contributed by atoms with Crippen LogP contribution in [0.5, 0.6) is 5.75 Å². The van der Waals surface area contributed by atoms with Crippen LogP contribution in [0.1, 0.15) is 15.9 Å². The van der Waals surface area contributed by atoms with E-state index in [-0.39, 0.29) is 23.5 Å². The molecular formula is C15H12F3NO2. The lowest BCUT2D eigenvalue weighted by Gasteiger charge is -2.11. The van der Waals surface area contributed by atoms with E-state index in [9.17, 15) is 18.0 Å². The number of nitrogens with two attached hydrogens (primary N) is 1. The maximum atomic E-state index is 12.2. The van der Waals surface area contributed by atoms with Gasteiger partial charge in [-0.15, -0.1) is 13.2 Å². The second kappa shape index (κ2) is 5.87. The number of carbonyl (C=O) groups excluding carboxylic acids is 1. The Labute approximate surface area is 119 Å². The summed E-state index contributed by atoms with van der Waals surface area (Å²) in [4.78, 5) is 12.1. The monoisotopic (exact) mass is 295 g/mol. The molecule has 0 fully saturated rings. The van der Waals surface area contributed by atoms with Crippen molar-refractivity contribution in [2.24, 2.45) is 0 Å². The van der Waals surface area contributed by atoms with Crippen LogP contribution >= 0.6 is 0 Å². The van der Waals surface area contributed by atoms with E-state index in [4.69, 9.17) is 5.73 Å². The first-order valence-corrected chi connectivity index (χ1v) is 6.07. The quantitative estimate of drug-likeness (QED) is 0.692. The summed E-state index contributed by atoms with van der Waals surface area (Å²) in [5.41, 5.74) is 6.53. The van der Waals surface area contributed by atoms with Crippen molar-refractivity contribution in [3.63, 3.8) is 0 Å². The number of rotatable bonds is 4. The van der Waals surface area contributed by atoms with Crippen LogP contribution in [0.4, 0.5) is 18.9 Å². The second-order valence-electron chi connectivity index (χ2n) is 4.38. The molecule has 0 aliphatic carbocycles. The molecule has 0 saturated heterocycles. The van der Waals surface area contributed by atoms with Gasteiger partial charge >= 0.3 is 6.36 Å². The molecule has 3 nitrogen and oxygen atoms in total. The third-order valence-electron chi connectivity index (χ3n) is 2.77. The number of nitrogen functional groups attached to an aromatic ring is 1. The van der Waals surface area contributed by atoms with Crippen molar-refractivity contribution in [2.45, 2.75) is 12.8 Å². The number of hydrogen-bond acceptors (Lipinski definition) is 3. The molecule has 0 aliphatic rings. The van der Waals surface area contributed by atoms with Crippen LogP contribution in [0, 0.1) is 0 Å². The van der Waals surface area contributed by atoms with Gasteiger partial charge in [0.25, 0.3) is 0 Å². The average Bonchev–Trinajstić information content (AvgIpc) is 2.40. The van der Waals surface area contributed by atoms with Gasteiger partial charge in [0.2, 0.25) is 0 Å². The van der Waals surface area contributed by atoms with E-state index >= 15 is 0 Å². The predicted octanol–water partition coefficient (Wildman–Crippen LogP) is 3.59. The zero-order chi connectivity index (χ0) is 15.5. The molecule has 0 heterocycles. The summed E-state index contributed by atoms with van der Waals surface area (Å²) in [6.45, 7) is 0. The van der Waals surface area contributed by atoms with Crippen molar-refractivity contribution >= 4 is 11.5 Å². The van der Waals surface area contributed by atoms with E-state index in [0.29, 0.717) is 0 Å². The van der Waals surface area contributed by atoms with Crippen molar-refractivity contribution < 1.29 is 22.7 Å². The second-order valence-corrected chi connectivity index (χ2v) is 4.38. The Bertz CT molecular complexity index is 639. The van der Waals surface area contributed by atoms with Crippen molar-refractivity contribution in [3.05, 3.63) is 59.7 Å². The number of anilines is 1. The third-order valence-corrected chi connectivity index (χ3v) is 2.77. The normalized spacial score (nSPS) is 11.2. The number of halogens is 3. The number of hydrogen-bond donors (Lipinski definition) is 1. The number of carbonyl (C=O) groups is 1. The molecule has 2 rings (SSSR count). The van der Waals surface area contributed by atoms with E-state index in [1.54, 1.807) is 30.3 Å². The summed E-state index contributed by atoms with van der Waals surface area (Å²) >= 11 is 0. The van der Waals surface area contributed by atoms with E-state index in [1.165, 1.54) is 6.07 Å². The molecule has 0 aromatic heterocycles. The van der Waals surface area contributed by atoms with Gasteiger partial charge in [-0.25, -0.2) is 0 Å². The fourth-order valence-corrected chi connectivity index (χ4v) is 1.85. The molecule has 0 spiro atoms. The predicted molar refractivity (Wildman–Crippen MR) is 72.0 cm³/mol. The number of Topliss-reactive ketones (excluding diaryl/α,β-unsaturated/α-hetero) is 1. The lowest BCUT2D eigenvalue weighted by atomic mass is 10.0. The van der Waals surface area contributed by atoms with Gasteiger partial charge in [0.1, 0.15) is 5.75 Å². The fourth-order valence-electron chi connectivity index (χ4n) is 1.85. The Morgan fingerprint density at radius 1 is 1.10 bits per heavy atom. The van der Waals surface area contributed by atoms with Gasteiger partial charge in [0.05, 0.1) is 0 Å². The molecule has 0 atom stereocenters. The summed E-state index contributed by atoms with van der Waals surface area (Å²) in [6, 6.07) is 12.2. The lowest BCUT2D eigenvalue weighted by molar-refractivity contribution is -0.274. The highest BCUT2D eigenvalue weighted by molar-refractivity contribution is 6.02. The standard InChI is InChI=1S/C15H12F3NO2/c16-15(17,18)21-11-6-7-13(19)12(9-11)14(20)8-10-4-2-1-3-5-10/h1-7,9H,8,19H2. The van der Waals surface area contributed by atoms with Gasteiger partial charge in [0.15, 0.2) is 5.78 Å². The van der Waals surface area contributed by atoms with Crippen LogP contribution in [0.2, 0.25) is 0 Å². The average molecular weight is 295 g/mol. The van der Waals surface area contributed by atoms with Crippen LogP contribution in [0.3, 0.4) is 0 Å². The molecule has 0 saturated carbocycles. The molecule has 110 valence electrons. The first-order valence-electron chi connectivity index (χ1n) is 6.07. The minimum absolute atomic E-state index is 0.0144. The molecule has 0 radical (unpaired) electrons. The molecule has 6 heteroatoms. The molecule has 21 heavy (non-hydrogen) atoms. The minimum Gasteiger partial charge on any atom is -0.406 e. The molecule has 2 aromatic rings. The third kappa shape index (κ3) is 4.24. The minimum atomic E-state index is -4.81. The van der Waals surface area contributed by atoms with Crippen molar-refractivity contribution in [1.29, 1.82) is 0 Å². The van der Waals surface area contributed by atoms with Gasteiger partial charge in [-0.2, -0.15) is 0 Å². The van der Waals surface area contributed by atoms with E-state index in [1.807, 2.05) is 0 Å². The Kier molecular flexibility index (Phi) is 4.16. The highest BCUT2D eigenvalue weighted by Gasteiger charge is 2.31. The zero-order valence-electron chi connectivity index (χ0n) is 10.9. The lowest BCUT2D eigenvalue weighted by Crippen LogP contribution is -2.17. The summed E-state index contributed by atoms with van der Waals surface area (Å²) in [6.07, 6.45) is -4.75. The van der Waals surface area contributed by atoms with Crippen LogP contribution in [0.15, 0.2) is 48.5 Å². The highest BCUT2D eigenvalue weighted by Crippen LogP contribution is 2.26. The van der Waals surface area contributed by atoms with Crippen molar-refractivity contribution in [2.75, 3.05) is 5.73 Å². The van der Waals surface area contributed by atoms with Crippen LogP contribution in [0.25, 0.3) is 0 Å². The smallest absolute Gasteiger partial charge is 0.406 e. The maximum absolute atomic E-state index is 12.2. The molecule has 2 N–H and O–H groups in total. The largest absolute Gasteiger partial charge is 0.573 e. The van der Waals surface area contributed by atoms with Crippen molar-refractivity contribution in [3.8, 4) is 5.75 Å². The molecule has 0 bridgehead atoms. The highest BCUT2D eigenvalue weighted by atomic mass is 19.4. The summed E-state index contributed by atoms with van der Waals surface area (Å²) in [7, 11) is 0. The SMILES string of the molecule is Nc1ccc(OC(F)(F)F)cc1C(=O)Cc1ccccc1. The number of benzene rings is 2. The summed E-state index contributed by atoms with van der Waals surface area (Å²) in [5.74, 6) is -0.834. The summed E-state index contributed by atoms with van der Waals surface area (Å²) in [5, 5.41) is 0. The Hall–Kier alpha value is -2.50. The van der Waals surface area contributed by atoms with Gasteiger partial charge in [-0.1, -0.05) is 30.3 Å². The Morgan fingerprint density at radius 3 is 2.38 bits per heavy atom. The molecule has 0 amide bonds. The topological polar surface area (TPSA) is 52.3 Å². The number of alkyl halides is 3. The van der Waals surface area contributed by atoms with Gasteiger partial charge in [-0.3, -0.25) is 4.79 Å². The number of ketones is 1. The molecule has 2 aromatic carbocycles. The fraction of sp³-hybridized carbons (Fsp3) is 0.133. The van der Waals surface area contributed by atoms with E-state index in [2.05, 4.69) is 4.74 Å². The van der Waals surface area contributed by atoms with Gasteiger partial charge in [0, 0.05) is 17.7 Å². The van der Waals surface area contributed by atoms with Crippen LogP contribution in [-0.2, 0) is 6.42 Å². The van der Waals surface area contributed by atoms with Gasteiger partial charge < -0.3 is 10.5 Å². The van der Waals surface area contributed by atoms with E-state index in [0.717, 1.165) is 17.7 Å². The number of ether oxygens (including phenoxy) is 1. The Morgan fingerprint density at radius 2 is 1.76 bits per heavy atom. The van der Waals surface area contributed by atoms with Gasteiger partial charge in [-0.05, 0) is 23.8 Å². The van der Waals surface area contributed by atoms with E-state index < -0.39 is 12.1 Å². The molecule has 0 unspecified atom stereocenters. The summed E-state index contributed by atoms with van der Waals surface area (Å²) < 4.78 is 40.3. The molecule has 0 aliphatic heterocycles. The molecular weight excluding hydrogens is 283 g/mol. The first-order chi connectivity index (χ1) is 9.85. The van der Waals surface area contributed by atoms with Crippen LogP contribution in [-0.4, -0.2) is 12.1 Å². The Balaban J connectivity index is 2.22. The zero-order valence-corrected chi connectivity index (χ0v) is 10.9.